The number of nitrogen functional groups attached to an aromatic ring is 1. The van der Waals surface area contributed by atoms with Crippen LogP contribution < -0.4 is 10.5 Å². The topological polar surface area (TPSA) is 68.5 Å². The first-order valence-electron chi connectivity index (χ1n) is 8.78. The number of hydrogen-bond acceptors (Lipinski definition) is 4. The average molecular weight is 347 g/mol. The number of anilines is 1. The van der Waals surface area contributed by atoms with Gasteiger partial charge in [0.05, 0.1) is 36.1 Å². The fourth-order valence-corrected chi connectivity index (χ4v) is 3.60. The highest BCUT2D eigenvalue weighted by molar-refractivity contribution is 6.11. The predicted molar refractivity (Wildman–Crippen MR) is 103 cm³/mol. The van der Waals surface area contributed by atoms with Crippen molar-refractivity contribution in [1.82, 2.24) is 9.88 Å². The number of carbonyl (C=O) groups is 1. The first kappa shape index (κ1) is 16.4. The maximum atomic E-state index is 12.7. The van der Waals surface area contributed by atoms with Crippen LogP contribution in [0.2, 0.25) is 0 Å². The molecule has 0 unspecified atom stereocenters. The van der Waals surface area contributed by atoms with E-state index in [1.807, 2.05) is 47.4 Å². The van der Waals surface area contributed by atoms with Crippen LogP contribution in [0.1, 0.15) is 29.4 Å². The summed E-state index contributed by atoms with van der Waals surface area (Å²) in [5.41, 5.74) is 11.1. The number of carbonyl (C=O) groups excluding carboxylic acids is 1. The third-order valence-corrected chi connectivity index (χ3v) is 4.85. The van der Waals surface area contributed by atoms with Gasteiger partial charge in [0, 0.05) is 17.5 Å². The zero-order chi connectivity index (χ0) is 18.3. The zero-order valence-electron chi connectivity index (χ0n) is 15.0. The molecule has 0 atom stereocenters. The van der Waals surface area contributed by atoms with Gasteiger partial charge in [-0.1, -0.05) is 37.3 Å². The Morgan fingerprint density at radius 2 is 2.04 bits per heavy atom. The third-order valence-electron chi connectivity index (χ3n) is 4.85. The van der Waals surface area contributed by atoms with Crippen LogP contribution in [0.25, 0.3) is 22.0 Å². The highest BCUT2D eigenvalue weighted by Gasteiger charge is 2.31. The number of rotatable bonds is 4. The molecule has 1 aliphatic rings. The Bertz CT molecular complexity index is 1010. The number of aromatic nitrogens is 1. The third kappa shape index (κ3) is 2.47. The molecule has 1 aromatic heterocycles. The smallest absolute Gasteiger partial charge is 0.258 e. The van der Waals surface area contributed by atoms with Crippen molar-refractivity contribution in [3.05, 3.63) is 53.7 Å². The summed E-state index contributed by atoms with van der Waals surface area (Å²) in [6.07, 6.45) is 0.911. The van der Waals surface area contributed by atoms with E-state index in [1.165, 1.54) is 0 Å². The van der Waals surface area contributed by atoms with Crippen molar-refractivity contribution in [2.75, 3.05) is 19.4 Å². The molecule has 5 heteroatoms. The van der Waals surface area contributed by atoms with Crippen LogP contribution in [0.3, 0.4) is 0 Å². The highest BCUT2D eigenvalue weighted by Crippen LogP contribution is 2.37. The number of ether oxygens (including phenoxy) is 1. The average Bonchev–Trinajstić information content (AvgIpc) is 2.98. The van der Waals surface area contributed by atoms with Crippen molar-refractivity contribution in [2.45, 2.75) is 19.9 Å². The van der Waals surface area contributed by atoms with E-state index in [1.54, 1.807) is 7.11 Å². The minimum Gasteiger partial charge on any atom is -0.497 e. The molecule has 0 saturated heterocycles. The van der Waals surface area contributed by atoms with E-state index >= 15 is 0 Å². The molecule has 1 aliphatic heterocycles. The van der Waals surface area contributed by atoms with E-state index in [0.29, 0.717) is 24.3 Å². The number of pyridine rings is 1. The van der Waals surface area contributed by atoms with E-state index in [9.17, 15) is 4.79 Å². The molecule has 0 saturated carbocycles. The van der Waals surface area contributed by atoms with Gasteiger partial charge in [-0.25, -0.2) is 4.98 Å². The number of nitrogens with zero attached hydrogens (tertiary/aromatic N) is 2. The molecule has 3 aromatic rings. The van der Waals surface area contributed by atoms with Gasteiger partial charge in [0.1, 0.15) is 5.75 Å². The Kier molecular flexibility index (Phi) is 3.99. The van der Waals surface area contributed by atoms with Gasteiger partial charge in [0.2, 0.25) is 0 Å². The summed E-state index contributed by atoms with van der Waals surface area (Å²) in [5, 5.41) is 0.816. The van der Waals surface area contributed by atoms with Crippen LogP contribution in [0.5, 0.6) is 5.75 Å². The number of benzene rings is 2. The summed E-state index contributed by atoms with van der Waals surface area (Å²) < 4.78 is 5.34. The molecule has 2 N–H and O–H groups in total. The van der Waals surface area contributed by atoms with Crippen molar-refractivity contribution < 1.29 is 9.53 Å². The van der Waals surface area contributed by atoms with E-state index < -0.39 is 0 Å². The van der Waals surface area contributed by atoms with Gasteiger partial charge < -0.3 is 15.4 Å². The quantitative estimate of drug-likeness (QED) is 0.778. The van der Waals surface area contributed by atoms with Gasteiger partial charge in [-0.2, -0.15) is 0 Å². The molecule has 0 aliphatic carbocycles. The van der Waals surface area contributed by atoms with Crippen LogP contribution in [0, 0.1) is 0 Å². The molecule has 0 bridgehead atoms. The molecular weight excluding hydrogens is 326 g/mol. The zero-order valence-corrected chi connectivity index (χ0v) is 15.0. The van der Waals surface area contributed by atoms with E-state index in [-0.39, 0.29) is 5.91 Å². The molecule has 132 valence electrons. The maximum absolute atomic E-state index is 12.7. The van der Waals surface area contributed by atoms with Crippen molar-refractivity contribution >= 4 is 22.5 Å². The lowest BCUT2D eigenvalue weighted by molar-refractivity contribution is 0.0779. The molecule has 2 aromatic carbocycles. The molecule has 2 heterocycles. The van der Waals surface area contributed by atoms with Gasteiger partial charge in [0.15, 0.2) is 0 Å². The van der Waals surface area contributed by atoms with Crippen LogP contribution in [-0.4, -0.2) is 29.4 Å². The molecule has 4 rings (SSSR count). The lowest BCUT2D eigenvalue weighted by atomic mass is 9.99. The van der Waals surface area contributed by atoms with E-state index in [0.717, 1.165) is 39.9 Å². The van der Waals surface area contributed by atoms with Crippen LogP contribution in [0.15, 0.2) is 42.5 Å². The molecular formula is C21H21N3O2. The Hall–Kier alpha value is -3.08. The number of hydrogen-bond donors (Lipinski definition) is 1. The van der Waals surface area contributed by atoms with Crippen LogP contribution in [-0.2, 0) is 6.54 Å². The van der Waals surface area contributed by atoms with Crippen LogP contribution >= 0.6 is 0 Å². The Morgan fingerprint density at radius 1 is 1.23 bits per heavy atom. The van der Waals surface area contributed by atoms with Crippen molar-refractivity contribution in [3.63, 3.8) is 0 Å². The molecule has 0 spiro atoms. The highest BCUT2D eigenvalue weighted by atomic mass is 16.5. The SMILES string of the molecule is CCCN1Cc2nc3c(-c4cccc(OC)c4)cccc3c(N)c2C1=O. The summed E-state index contributed by atoms with van der Waals surface area (Å²) in [5.74, 6) is 0.776. The predicted octanol–water partition coefficient (Wildman–Crippen LogP) is 3.86. The molecule has 26 heavy (non-hydrogen) atoms. The van der Waals surface area contributed by atoms with E-state index in [4.69, 9.17) is 15.5 Å². The minimum absolute atomic E-state index is 0.0134. The number of amides is 1. The van der Waals surface area contributed by atoms with Gasteiger partial charge in [-0.3, -0.25) is 4.79 Å². The molecule has 0 radical (unpaired) electrons. The largest absolute Gasteiger partial charge is 0.497 e. The van der Waals surface area contributed by atoms with Crippen molar-refractivity contribution in [3.8, 4) is 16.9 Å². The second-order valence-electron chi connectivity index (χ2n) is 6.51. The van der Waals surface area contributed by atoms with Crippen LogP contribution in [0.4, 0.5) is 5.69 Å². The van der Waals surface area contributed by atoms with Gasteiger partial charge in [0.25, 0.3) is 5.91 Å². The summed E-state index contributed by atoms with van der Waals surface area (Å²) in [6.45, 7) is 3.30. The lowest BCUT2D eigenvalue weighted by Gasteiger charge is -2.13. The number of fused-ring (bicyclic) bond motifs is 2. The lowest BCUT2D eigenvalue weighted by Crippen LogP contribution is -2.24. The normalized spacial score (nSPS) is 13.3. The Morgan fingerprint density at radius 3 is 2.81 bits per heavy atom. The summed E-state index contributed by atoms with van der Waals surface area (Å²) >= 11 is 0. The van der Waals surface area contributed by atoms with Crippen molar-refractivity contribution in [1.29, 1.82) is 0 Å². The second kappa shape index (κ2) is 6.33. The van der Waals surface area contributed by atoms with Gasteiger partial charge in [-0.05, 0) is 24.1 Å². The summed E-state index contributed by atoms with van der Waals surface area (Å²) in [4.78, 5) is 19.3. The van der Waals surface area contributed by atoms with Crippen molar-refractivity contribution in [2.24, 2.45) is 0 Å². The number of methoxy groups -OCH3 is 1. The summed E-state index contributed by atoms with van der Waals surface area (Å²) in [6, 6.07) is 13.8. The molecule has 1 amide bonds. The molecule has 5 nitrogen and oxygen atoms in total. The first-order chi connectivity index (χ1) is 12.6. The second-order valence-corrected chi connectivity index (χ2v) is 6.51. The summed E-state index contributed by atoms with van der Waals surface area (Å²) in [7, 11) is 1.65. The number of nitrogens with two attached hydrogens (primary N) is 1. The minimum atomic E-state index is -0.0134. The fraction of sp³-hybridized carbons (Fsp3) is 0.238. The Labute approximate surface area is 152 Å². The maximum Gasteiger partial charge on any atom is 0.258 e. The Balaban J connectivity index is 1.92. The molecule has 0 fully saturated rings. The fourth-order valence-electron chi connectivity index (χ4n) is 3.60. The van der Waals surface area contributed by atoms with E-state index in [2.05, 4.69) is 6.92 Å². The standard InChI is InChI=1S/C21H21N3O2/c1-3-10-24-12-17-18(21(24)25)19(22)16-9-5-8-15(20(16)23-17)13-6-4-7-14(11-13)26-2/h4-9,11H,3,10,12H2,1-2H3,(H2,22,23). The number of para-hydroxylation sites is 1. The van der Waals surface area contributed by atoms with Gasteiger partial charge in [-0.15, -0.1) is 0 Å². The monoisotopic (exact) mass is 347 g/mol. The van der Waals surface area contributed by atoms with Gasteiger partial charge >= 0.3 is 0 Å². The first-order valence-corrected chi connectivity index (χ1v) is 8.78.